The van der Waals surface area contributed by atoms with Gasteiger partial charge >= 0.3 is 0 Å². The highest BCUT2D eigenvalue weighted by molar-refractivity contribution is 5.94. The van der Waals surface area contributed by atoms with Gasteiger partial charge in [0.15, 0.2) is 0 Å². The monoisotopic (exact) mass is 283 g/mol. The SMILES string of the molecule is NCC#Cc1ccc(C(=O)NCc2ccncc2)cc1F. The summed E-state index contributed by atoms with van der Waals surface area (Å²) < 4.78 is 13.8. The second-order valence-electron chi connectivity index (χ2n) is 4.24. The first-order chi connectivity index (χ1) is 10.2. The predicted molar refractivity (Wildman–Crippen MR) is 77.7 cm³/mol. The molecule has 1 aromatic carbocycles. The van der Waals surface area contributed by atoms with E-state index in [1.165, 1.54) is 18.2 Å². The Balaban J connectivity index is 2.04. The van der Waals surface area contributed by atoms with Crippen molar-refractivity contribution in [2.24, 2.45) is 5.73 Å². The molecular weight excluding hydrogens is 269 g/mol. The second kappa shape index (κ2) is 7.17. The Morgan fingerprint density at radius 3 is 2.71 bits per heavy atom. The molecular formula is C16H14FN3O. The molecule has 3 N–H and O–H groups in total. The Morgan fingerprint density at radius 2 is 2.05 bits per heavy atom. The number of halogens is 1. The summed E-state index contributed by atoms with van der Waals surface area (Å²) in [7, 11) is 0. The highest BCUT2D eigenvalue weighted by atomic mass is 19.1. The van der Waals surface area contributed by atoms with E-state index in [1.807, 2.05) is 0 Å². The normalized spacial score (nSPS) is 9.62. The van der Waals surface area contributed by atoms with Crippen molar-refractivity contribution in [3.05, 3.63) is 65.2 Å². The van der Waals surface area contributed by atoms with Crippen molar-refractivity contribution < 1.29 is 9.18 Å². The fraction of sp³-hybridized carbons (Fsp3) is 0.125. The minimum Gasteiger partial charge on any atom is -0.348 e. The third-order valence-electron chi connectivity index (χ3n) is 2.76. The first-order valence-electron chi connectivity index (χ1n) is 6.36. The number of carbonyl (C=O) groups is 1. The molecule has 0 fully saturated rings. The topological polar surface area (TPSA) is 68.0 Å². The zero-order chi connectivity index (χ0) is 15.1. The lowest BCUT2D eigenvalue weighted by Gasteiger charge is -2.06. The third kappa shape index (κ3) is 4.13. The van der Waals surface area contributed by atoms with Crippen molar-refractivity contribution in [3.8, 4) is 11.8 Å². The highest BCUT2D eigenvalue weighted by Crippen LogP contribution is 2.09. The van der Waals surface area contributed by atoms with Crippen LogP contribution in [0.5, 0.6) is 0 Å². The van der Waals surface area contributed by atoms with Gasteiger partial charge in [-0.1, -0.05) is 11.8 Å². The minimum atomic E-state index is -0.535. The summed E-state index contributed by atoms with van der Waals surface area (Å²) in [5.41, 5.74) is 6.63. The van der Waals surface area contributed by atoms with Crippen molar-refractivity contribution in [3.63, 3.8) is 0 Å². The van der Waals surface area contributed by atoms with Gasteiger partial charge in [-0.3, -0.25) is 9.78 Å². The highest BCUT2D eigenvalue weighted by Gasteiger charge is 2.08. The Morgan fingerprint density at radius 1 is 1.29 bits per heavy atom. The van der Waals surface area contributed by atoms with Crippen LogP contribution in [0.15, 0.2) is 42.7 Å². The maximum Gasteiger partial charge on any atom is 0.251 e. The van der Waals surface area contributed by atoms with Crippen LogP contribution < -0.4 is 11.1 Å². The standard InChI is InChI=1S/C16H14FN3O/c17-15-10-14(4-3-13(15)2-1-7-18)16(21)20-11-12-5-8-19-9-6-12/h3-6,8-10H,7,11,18H2,(H,20,21). The van der Waals surface area contributed by atoms with Gasteiger partial charge in [0.2, 0.25) is 0 Å². The molecule has 0 atom stereocenters. The number of rotatable bonds is 3. The molecule has 0 unspecified atom stereocenters. The van der Waals surface area contributed by atoms with Gasteiger partial charge in [-0.2, -0.15) is 0 Å². The van der Waals surface area contributed by atoms with Crippen LogP contribution in [-0.2, 0) is 6.54 Å². The summed E-state index contributed by atoms with van der Waals surface area (Å²) in [4.78, 5) is 15.8. The molecule has 2 aromatic rings. The number of nitrogens with two attached hydrogens (primary N) is 1. The van der Waals surface area contributed by atoms with Gasteiger partial charge in [-0.15, -0.1) is 0 Å². The summed E-state index contributed by atoms with van der Waals surface area (Å²) in [6, 6.07) is 7.77. The quantitative estimate of drug-likeness (QED) is 0.838. The molecule has 0 bridgehead atoms. The lowest BCUT2D eigenvalue weighted by molar-refractivity contribution is 0.0950. The lowest BCUT2D eigenvalue weighted by Crippen LogP contribution is -2.22. The molecule has 0 aliphatic heterocycles. The number of hydrogen-bond acceptors (Lipinski definition) is 3. The zero-order valence-corrected chi connectivity index (χ0v) is 11.3. The molecule has 5 heteroatoms. The summed E-state index contributed by atoms with van der Waals surface area (Å²) in [6.45, 7) is 0.519. The predicted octanol–water partition coefficient (Wildman–Crippen LogP) is 1.46. The van der Waals surface area contributed by atoms with E-state index in [-0.39, 0.29) is 23.6 Å². The van der Waals surface area contributed by atoms with E-state index in [0.29, 0.717) is 6.54 Å². The van der Waals surface area contributed by atoms with Crippen LogP contribution in [0.1, 0.15) is 21.5 Å². The molecule has 1 amide bonds. The van der Waals surface area contributed by atoms with E-state index in [4.69, 9.17) is 5.73 Å². The van der Waals surface area contributed by atoms with E-state index >= 15 is 0 Å². The van der Waals surface area contributed by atoms with Gasteiger partial charge in [-0.05, 0) is 35.9 Å². The van der Waals surface area contributed by atoms with Crippen molar-refractivity contribution >= 4 is 5.91 Å². The van der Waals surface area contributed by atoms with E-state index in [0.717, 1.165) is 5.56 Å². The Labute approximate surface area is 122 Å². The van der Waals surface area contributed by atoms with Crippen LogP contribution >= 0.6 is 0 Å². The number of benzene rings is 1. The first kappa shape index (κ1) is 14.7. The van der Waals surface area contributed by atoms with Crippen molar-refractivity contribution in [2.75, 3.05) is 6.54 Å². The lowest BCUT2D eigenvalue weighted by atomic mass is 10.1. The largest absolute Gasteiger partial charge is 0.348 e. The smallest absolute Gasteiger partial charge is 0.251 e. The van der Waals surface area contributed by atoms with Crippen LogP contribution in [0.4, 0.5) is 4.39 Å². The first-order valence-corrected chi connectivity index (χ1v) is 6.36. The summed E-state index contributed by atoms with van der Waals surface area (Å²) in [6.07, 6.45) is 3.29. The fourth-order valence-electron chi connectivity index (χ4n) is 1.69. The molecule has 1 aromatic heterocycles. The molecule has 0 saturated heterocycles. The van der Waals surface area contributed by atoms with Gasteiger partial charge in [-0.25, -0.2) is 4.39 Å². The number of nitrogens with one attached hydrogen (secondary N) is 1. The van der Waals surface area contributed by atoms with Gasteiger partial charge in [0.1, 0.15) is 5.82 Å². The van der Waals surface area contributed by atoms with Gasteiger partial charge < -0.3 is 11.1 Å². The van der Waals surface area contributed by atoms with Crippen molar-refractivity contribution in [2.45, 2.75) is 6.54 Å². The summed E-state index contributed by atoms with van der Waals surface area (Å²) >= 11 is 0. The number of amides is 1. The maximum absolute atomic E-state index is 13.8. The van der Waals surface area contributed by atoms with Gasteiger partial charge in [0.05, 0.1) is 12.1 Å². The minimum absolute atomic E-state index is 0.160. The molecule has 4 nitrogen and oxygen atoms in total. The number of carbonyl (C=O) groups excluding carboxylic acids is 1. The number of nitrogens with zero attached hydrogens (tertiary/aromatic N) is 1. The second-order valence-corrected chi connectivity index (χ2v) is 4.24. The number of pyridine rings is 1. The molecule has 0 spiro atoms. The summed E-state index contributed by atoms with van der Waals surface area (Å²) in [5.74, 6) is 4.30. The molecule has 1 heterocycles. The molecule has 0 radical (unpaired) electrons. The van der Waals surface area contributed by atoms with E-state index in [2.05, 4.69) is 22.1 Å². The van der Waals surface area contributed by atoms with Gasteiger partial charge in [0.25, 0.3) is 5.91 Å². The Hall–Kier alpha value is -2.71. The molecule has 21 heavy (non-hydrogen) atoms. The average molecular weight is 283 g/mol. The van der Waals surface area contributed by atoms with Crippen LogP contribution in [0.2, 0.25) is 0 Å². The average Bonchev–Trinajstić information content (AvgIpc) is 2.52. The van der Waals surface area contributed by atoms with Crippen LogP contribution in [-0.4, -0.2) is 17.4 Å². The van der Waals surface area contributed by atoms with Gasteiger partial charge in [0, 0.05) is 24.5 Å². The van der Waals surface area contributed by atoms with E-state index in [1.54, 1.807) is 24.5 Å². The zero-order valence-electron chi connectivity index (χ0n) is 11.3. The summed E-state index contributed by atoms with van der Waals surface area (Å²) in [5, 5.41) is 2.72. The van der Waals surface area contributed by atoms with Crippen LogP contribution in [0.25, 0.3) is 0 Å². The third-order valence-corrected chi connectivity index (χ3v) is 2.76. The molecule has 0 saturated carbocycles. The number of hydrogen-bond donors (Lipinski definition) is 2. The Kier molecular flexibility index (Phi) is 5.02. The molecule has 106 valence electrons. The van der Waals surface area contributed by atoms with Crippen molar-refractivity contribution in [1.82, 2.24) is 10.3 Å². The molecule has 0 aliphatic carbocycles. The fourth-order valence-corrected chi connectivity index (χ4v) is 1.69. The molecule has 0 aliphatic rings. The maximum atomic E-state index is 13.8. The molecule has 2 rings (SSSR count). The number of aromatic nitrogens is 1. The Bertz CT molecular complexity index is 690. The van der Waals surface area contributed by atoms with Crippen LogP contribution in [0, 0.1) is 17.7 Å². The van der Waals surface area contributed by atoms with E-state index in [9.17, 15) is 9.18 Å². The van der Waals surface area contributed by atoms with Crippen molar-refractivity contribution in [1.29, 1.82) is 0 Å². The van der Waals surface area contributed by atoms with E-state index < -0.39 is 5.82 Å². The van der Waals surface area contributed by atoms with Crippen LogP contribution in [0.3, 0.4) is 0 Å².